The Morgan fingerprint density at radius 1 is 1.07 bits per heavy atom. The van der Waals surface area contributed by atoms with Crippen LogP contribution in [-0.2, 0) is 4.79 Å². The van der Waals surface area contributed by atoms with Crippen molar-refractivity contribution in [3.05, 3.63) is 0 Å². The highest BCUT2D eigenvalue weighted by Gasteiger charge is 2.19. The Balaban J connectivity index is 3.77. The number of aliphatic carboxylic acids is 1. The summed E-state index contributed by atoms with van der Waals surface area (Å²) in [5, 5.41) is 8.51. The highest BCUT2D eigenvalue weighted by Crippen LogP contribution is 2.09. The predicted octanol–water partition coefficient (Wildman–Crippen LogP) is 2.12. The van der Waals surface area contributed by atoms with E-state index in [1.165, 1.54) is 0 Å². The minimum absolute atomic E-state index is 0.317. The van der Waals surface area contributed by atoms with Crippen molar-refractivity contribution in [3.63, 3.8) is 0 Å². The van der Waals surface area contributed by atoms with Gasteiger partial charge in [-0.2, -0.15) is 0 Å². The zero-order chi connectivity index (χ0) is 11.0. The number of carbonyl (C=O) groups is 1. The van der Waals surface area contributed by atoms with Crippen molar-refractivity contribution < 1.29 is 14.4 Å². The van der Waals surface area contributed by atoms with Gasteiger partial charge in [-0.05, 0) is 33.6 Å². The summed E-state index contributed by atoms with van der Waals surface area (Å²) in [6.45, 7) is 11.2. The molecule has 0 heterocycles. The van der Waals surface area contributed by atoms with Gasteiger partial charge in [-0.3, -0.25) is 4.79 Å². The molecule has 0 aliphatic rings. The minimum atomic E-state index is -0.674. The zero-order valence-corrected chi connectivity index (χ0v) is 9.75. The molecule has 3 nitrogen and oxygen atoms in total. The summed E-state index contributed by atoms with van der Waals surface area (Å²) in [6.07, 6.45) is 2.16. The van der Waals surface area contributed by atoms with Crippen LogP contribution in [-0.4, -0.2) is 41.7 Å². The number of rotatable bonds is 8. The fourth-order valence-electron chi connectivity index (χ4n) is 1.87. The highest BCUT2D eigenvalue weighted by atomic mass is 16.4. The average molecular weight is 202 g/mol. The summed E-state index contributed by atoms with van der Waals surface area (Å²) in [5.41, 5.74) is 0. The van der Waals surface area contributed by atoms with E-state index in [2.05, 4.69) is 20.8 Å². The quantitative estimate of drug-likeness (QED) is 0.483. The molecule has 0 atom stereocenters. The molecule has 84 valence electrons. The van der Waals surface area contributed by atoms with Crippen LogP contribution in [0.4, 0.5) is 0 Å². The third-order valence-corrected chi connectivity index (χ3v) is 3.29. The van der Waals surface area contributed by atoms with Gasteiger partial charge in [0, 0.05) is 6.42 Å². The molecule has 0 aliphatic heterocycles. The maximum absolute atomic E-state index is 10.3. The van der Waals surface area contributed by atoms with E-state index in [4.69, 9.17) is 5.11 Å². The summed E-state index contributed by atoms with van der Waals surface area (Å²) >= 11 is 0. The fourth-order valence-corrected chi connectivity index (χ4v) is 1.87. The molecule has 0 aromatic rings. The second kappa shape index (κ2) is 6.82. The lowest BCUT2D eigenvalue weighted by Gasteiger charge is -2.35. The molecular formula is C11H24NO2+. The molecule has 0 unspecified atom stereocenters. The summed E-state index contributed by atoms with van der Waals surface area (Å²) in [7, 11) is 0. The van der Waals surface area contributed by atoms with E-state index < -0.39 is 5.97 Å². The molecule has 0 saturated heterocycles. The van der Waals surface area contributed by atoms with Crippen LogP contribution in [0.25, 0.3) is 0 Å². The van der Waals surface area contributed by atoms with Crippen molar-refractivity contribution in [1.29, 1.82) is 0 Å². The largest absolute Gasteiger partial charge is 0.481 e. The molecule has 1 N–H and O–H groups in total. The van der Waals surface area contributed by atoms with E-state index in [0.717, 1.165) is 43.5 Å². The summed E-state index contributed by atoms with van der Waals surface area (Å²) in [6, 6.07) is 0. The molecular weight excluding hydrogens is 178 g/mol. The lowest BCUT2D eigenvalue weighted by molar-refractivity contribution is -0.923. The SMILES string of the molecule is CC[N+](CC)(CC)CCCCC(=O)O. The molecule has 0 aromatic heterocycles. The maximum Gasteiger partial charge on any atom is 0.303 e. The topological polar surface area (TPSA) is 37.3 Å². The van der Waals surface area contributed by atoms with Crippen LogP contribution in [0.2, 0.25) is 0 Å². The van der Waals surface area contributed by atoms with E-state index in [-0.39, 0.29) is 0 Å². The summed E-state index contributed by atoms with van der Waals surface area (Å²) in [4.78, 5) is 10.3. The second-order valence-electron chi connectivity index (χ2n) is 3.86. The molecule has 0 spiro atoms. The average Bonchev–Trinajstić information content (AvgIpc) is 2.19. The van der Waals surface area contributed by atoms with Crippen molar-refractivity contribution in [2.24, 2.45) is 0 Å². The third-order valence-electron chi connectivity index (χ3n) is 3.29. The third kappa shape index (κ3) is 4.61. The van der Waals surface area contributed by atoms with Crippen LogP contribution in [0.5, 0.6) is 0 Å². The van der Waals surface area contributed by atoms with Gasteiger partial charge in [-0.25, -0.2) is 0 Å². The first kappa shape index (κ1) is 13.4. The molecule has 0 rings (SSSR count). The van der Waals surface area contributed by atoms with Gasteiger partial charge < -0.3 is 9.59 Å². The number of carboxylic acids is 1. The molecule has 0 fully saturated rings. The van der Waals surface area contributed by atoms with Crippen LogP contribution >= 0.6 is 0 Å². The van der Waals surface area contributed by atoms with Gasteiger partial charge in [0.05, 0.1) is 26.2 Å². The van der Waals surface area contributed by atoms with Crippen LogP contribution < -0.4 is 0 Å². The Kier molecular flexibility index (Phi) is 6.54. The number of quaternary nitrogens is 1. The van der Waals surface area contributed by atoms with Gasteiger partial charge in [0.25, 0.3) is 0 Å². The molecule has 0 saturated carbocycles. The monoisotopic (exact) mass is 202 g/mol. The molecule has 0 amide bonds. The molecule has 3 heteroatoms. The van der Waals surface area contributed by atoms with Crippen molar-refractivity contribution >= 4 is 5.97 Å². The van der Waals surface area contributed by atoms with Gasteiger partial charge >= 0.3 is 5.97 Å². The number of unbranched alkanes of at least 4 members (excludes halogenated alkanes) is 1. The number of hydrogen-bond acceptors (Lipinski definition) is 1. The highest BCUT2D eigenvalue weighted by molar-refractivity contribution is 5.66. The van der Waals surface area contributed by atoms with Crippen molar-refractivity contribution in [2.45, 2.75) is 40.0 Å². The first-order chi connectivity index (χ1) is 6.60. The molecule has 0 bridgehead atoms. The first-order valence-corrected chi connectivity index (χ1v) is 5.67. The number of nitrogens with zero attached hydrogens (tertiary/aromatic N) is 1. The standard InChI is InChI=1S/C11H23NO2/c1-4-12(5-2,6-3)10-8-7-9-11(13)14/h4-10H2,1-3H3/p+1. The zero-order valence-electron chi connectivity index (χ0n) is 9.75. The van der Waals surface area contributed by atoms with E-state index in [1.807, 2.05) is 0 Å². The van der Waals surface area contributed by atoms with Gasteiger partial charge in [0.15, 0.2) is 0 Å². The Bertz CT molecular complexity index is 156. The smallest absolute Gasteiger partial charge is 0.303 e. The first-order valence-electron chi connectivity index (χ1n) is 5.67. The van der Waals surface area contributed by atoms with Gasteiger partial charge in [-0.1, -0.05) is 0 Å². The van der Waals surface area contributed by atoms with Gasteiger partial charge in [0.1, 0.15) is 0 Å². The van der Waals surface area contributed by atoms with E-state index in [0.29, 0.717) is 6.42 Å². The molecule has 0 radical (unpaired) electrons. The normalized spacial score (nSPS) is 11.6. The van der Waals surface area contributed by atoms with E-state index in [9.17, 15) is 4.79 Å². The van der Waals surface area contributed by atoms with Crippen molar-refractivity contribution in [2.75, 3.05) is 26.2 Å². The Morgan fingerprint density at radius 3 is 1.93 bits per heavy atom. The number of hydrogen-bond donors (Lipinski definition) is 1. The molecule has 14 heavy (non-hydrogen) atoms. The number of carboxylic acid groups (broad SMARTS) is 1. The van der Waals surface area contributed by atoms with Gasteiger partial charge in [-0.15, -0.1) is 0 Å². The lowest BCUT2D eigenvalue weighted by atomic mass is 10.2. The predicted molar refractivity (Wildman–Crippen MR) is 58.2 cm³/mol. The molecule has 0 aromatic carbocycles. The van der Waals surface area contributed by atoms with Gasteiger partial charge in [0.2, 0.25) is 0 Å². The van der Waals surface area contributed by atoms with Crippen LogP contribution in [0.3, 0.4) is 0 Å². The summed E-state index contributed by atoms with van der Waals surface area (Å²) in [5.74, 6) is -0.674. The van der Waals surface area contributed by atoms with Crippen molar-refractivity contribution in [3.8, 4) is 0 Å². The lowest BCUT2D eigenvalue weighted by Crippen LogP contribution is -2.48. The van der Waals surface area contributed by atoms with E-state index in [1.54, 1.807) is 0 Å². The van der Waals surface area contributed by atoms with E-state index >= 15 is 0 Å². The van der Waals surface area contributed by atoms with Crippen LogP contribution in [0.15, 0.2) is 0 Å². The Hall–Kier alpha value is -0.570. The Labute approximate surface area is 87.3 Å². The fraction of sp³-hybridized carbons (Fsp3) is 0.909. The maximum atomic E-state index is 10.3. The van der Waals surface area contributed by atoms with Crippen LogP contribution in [0.1, 0.15) is 40.0 Å². The second-order valence-corrected chi connectivity index (χ2v) is 3.86. The minimum Gasteiger partial charge on any atom is -0.481 e. The summed E-state index contributed by atoms with van der Waals surface area (Å²) < 4.78 is 1.12. The molecule has 0 aliphatic carbocycles. The van der Waals surface area contributed by atoms with Crippen molar-refractivity contribution in [1.82, 2.24) is 0 Å². The Morgan fingerprint density at radius 2 is 1.57 bits per heavy atom. The van der Waals surface area contributed by atoms with Crippen LogP contribution in [0, 0.1) is 0 Å².